The number of benzene rings is 1. The van der Waals surface area contributed by atoms with Gasteiger partial charge in [0.1, 0.15) is 0 Å². The molecule has 3 rings (SSSR count). The molecule has 1 fully saturated rings. The van der Waals surface area contributed by atoms with Crippen LogP contribution in [-0.4, -0.2) is 42.5 Å². The number of nitriles is 1. The normalized spacial score (nSPS) is 13.6. The smallest absolute Gasteiger partial charge is 0.252 e. The van der Waals surface area contributed by atoms with Crippen LogP contribution in [0.15, 0.2) is 47.5 Å². The zero-order chi connectivity index (χ0) is 23.8. The predicted molar refractivity (Wildman–Crippen MR) is 128 cm³/mol. The zero-order valence-corrected chi connectivity index (χ0v) is 19.0. The number of nitrogens with one attached hydrogen (secondary N) is 1. The Morgan fingerprint density at radius 1 is 1.39 bits per heavy atom. The maximum Gasteiger partial charge on any atom is 0.252 e. The Morgan fingerprint density at radius 3 is 2.79 bits per heavy atom. The van der Waals surface area contributed by atoms with Crippen molar-refractivity contribution >= 4 is 24.0 Å². The summed E-state index contributed by atoms with van der Waals surface area (Å²) in [5, 5.41) is 27.8. The van der Waals surface area contributed by atoms with Gasteiger partial charge in [-0.25, -0.2) is 4.98 Å². The number of hydrogen-bond donors (Lipinski definition) is 2. The standard InChI is InChI=1S/C25H29N5O3/c1-17-13-20(14-26)7-9-22(17)18(2)25(32)30(27-3)23-10-8-21(15-29-23)24(31)28-11-4-12-33-16-19-5-6-19/h7-10,13,15,19,32H,3-6,11-12,16H2,1-2H3,(H,28,31)/b25-18-. The minimum Gasteiger partial charge on any atom is -0.493 e. The second-order valence-electron chi connectivity index (χ2n) is 8.08. The van der Waals surface area contributed by atoms with Crippen LogP contribution in [0.1, 0.15) is 53.2 Å². The summed E-state index contributed by atoms with van der Waals surface area (Å²) in [5.41, 5.74) is 3.13. The molecule has 1 amide bonds. The average Bonchev–Trinajstić information content (AvgIpc) is 3.66. The lowest BCUT2D eigenvalue weighted by Gasteiger charge is -2.19. The third-order valence-electron chi connectivity index (χ3n) is 5.47. The Morgan fingerprint density at radius 2 is 2.18 bits per heavy atom. The number of pyridine rings is 1. The Kier molecular flexibility index (Phi) is 8.17. The van der Waals surface area contributed by atoms with Crippen LogP contribution in [0, 0.1) is 24.2 Å². The number of carbonyl (C=O) groups is 1. The molecule has 1 saturated carbocycles. The van der Waals surface area contributed by atoms with E-state index in [2.05, 4.69) is 28.2 Å². The third kappa shape index (κ3) is 6.40. The van der Waals surface area contributed by atoms with E-state index in [-0.39, 0.29) is 11.8 Å². The monoisotopic (exact) mass is 447 g/mol. The highest BCUT2D eigenvalue weighted by Crippen LogP contribution is 2.29. The highest BCUT2D eigenvalue weighted by atomic mass is 16.5. The molecule has 1 aromatic heterocycles. The molecule has 0 radical (unpaired) electrons. The molecule has 0 spiro atoms. The van der Waals surface area contributed by atoms with Gasteiger partial charge in [-0.15, -0.1) is 0 Å². The molecule has 2 N–H and O–H groups in total. The first kappa shape index (κ1) is 24.0. The van der Waals surface area contributed by atoms with E-state index >= 15 is 0 Å². The molecule has 1 heterocycles. The van der Waals surface area contributed by atoms with Crippen molar-refractivity contribution in [1.29, 1.82) is 5.26 Å². The number of nitrogens with zero attached hydrogens (tertiary/aromatic N) is 4. The van der Waals surface area contributed by atoms with Gasteiger partial charge in [0.25, 0.3) is 5.91 Å². The van der Waals surface area contributed by atoms with Gasteiger partial charge in [0.15, 0.2) is 5.82 Å². The van der Waals surface area contributed by atoms with Gasteiger partial charge in [-0.2, -0.15) is 15.4 Å². The molecule has 0 saturated heterocycles. The lowest BCUT2D eigenvalue weighted by atomic mass is 10.00. The van der Waals surface area contributed by atoms with Crippen LogP contribution in [0.25, 0.3) is 5.57 Å². The van der Waals surface area contributed by atoms with Crippen molar-refractivity contribution in [2.75, 3.05) is 24.8 Å². The molecule has 172 valence electrons. The van der Waals surface area contributed by atoms with Gasteiger partial charge >= 0.3 is 0 Å². The Balaban J connectivity index is 1.62. The summed E-state index contributed by atoms with van der Waals surface area (Å²) in [5.74, 6) is 0.686. The molecule has 1 aromatic carbocycles. The molecular weight excluding hydrogens is 418 g/mol. The summed E-state index contributed by atoms with van der Waals surface area (Å²) in [4.78, 5) is 16.6. The van der Waals surface area contributed by atoms with Crippen molar-refractivity contribution in [3.8, 4) is 6.07 Å². The first-order valence-corrected chi connectivity index (χ1v) is 10.9. The summed E-state index contributed by atoms with van der Waals surface area (Å²) < 4.78 is 5.56. The van der Waals surface area contributed by atoms with Crippen molar-refractivity contribution in [3.05, 3.63) is 64.7 Å². The number of aromatic nitrogens is 1. The van der Waals surface area contributed by atoms with E-state index in [0.29, 0.717) is 35.7 Å². The highest BCUT2D eigenvalue weighted by Gasteiger charge is 2.21. The number of allylic oxidation sites excluding steroid dienone is 1. The molecule has 1 aliphatic carbocycles. The molecule has 0 unspecified atom stereocenters. The van der Waals surface area contributed by atoms with Crippen LogP contribution in [0.3, 0.4) is 0 Å². The molecule has 0 atom stereocenters. The van der Waals surface area contributed by atoms with E-state index in [0.717, 1.165) is 30.1 Å². The predicted octanol–water partition coefficient (Wildman–Crippen LogP) is 4.18. The van der Waals surface area contributed by atoms with Crippen molar-refractivity contribution in [2.45, 2.75) is 33.1 Å². The number of carbonyl (C=O) groups excluding carboxylic acids is 1. The van der Waals surface area contributed by atoms with Crippen LogP contribution in [-0.2, 0) is 4.74 Å². The van der Waals surface area contributed by atoms with Gasteiger partial charge in [0.05, 0.1) is 17.2 Å². The van der Waals surface area contributed by atoms with Crippen molar-refractivity contribution in [2.24, 2.45) is 11.0 Å². The van der Waals surface area contributed by atoms with Crippen LogP contribution >= 0.6 is 0 Å². The topological polar surface area (TPSA) is 111 Å². The van der Waals surface area contributed by atoms with E-state index in [1.165, 1.54) is 24.0 Å². The van der Waals surface area contributed by atoms with Gasteiger partial charge in [-0.05, 0) is 74.4 Å². The number of hydrogen-bond acceptors (Lipinski definition) is 7. The number of hydrazone groups is 1. The van der Waals surface area contributed by atoms with Gasteiger partial charge < -0.3 is 15.2 Å². The van der Waals surface area contributed by atoms with Crippen LogP contribution in [0.5, 0.6) is 0 Å². The number of anilines is 1. The number of amides is 1. The summed E-state index contributed by atoms with van der Waals surface area (Å²) >= 11 is 0. The lowest BCUT2D eigenvalue weighted by Crippen LogP contribution is -2.25. The van der Waals surface area contributed by atoms with E-state index in [1.54, 1.807) is 37.3 Å². The number of rotatable bonds is 11. The van der Waals surface area contributed by atoms with Crippen LogP contribution in [0.2, 0.25) is 0 Å². The minimum absolute atomic E-state index is 0.145. The third-order valence-corrected chi connectivity index (χ3v) is 5.47. The Hall–Kier alpha value is -3.70. The molecule has 2 aromatic rings. The van der Waals surface area contributed by atoms with Gasteiger partial charge in [-0.3, -0.25) is 4.79 Å². The maximum atomic E-state index is 12.3. The van der Waals surface area contributed by atoms with E-state index in [9.17, 15) is 9.90 Å². The fraction of sp³-hybridized carbons (Fsp3) is 0.360. The Bertz CT molecular complexity index is 1070. The fourth-order valence-electron chi connectivity index (χ4n) is 3.34. The molecule has 1 aliphatic rings. The molecule has 33 heavy (non-hydrogen) atoms. The average molecular weight is 448 g/mol. The van der Waals surface area contributed by atoms with E-state index < -0.39 is 0 Å². The minimum atomic E-state index is -0.224. The molecule has 0 bridgehead atoms. The highest BCUT2D eigenvalue weighted by molar-refractivity contribution is 5.94. The number of ether oxygens (including phenoxy) is 1. The summed E-state index contributed by atoms with van der Waals surface area (Å²) in [6.45, 7) is 9.12. The quantitative estimate of drug-likeness (QED) is 0.231. The number of aryl methyl sites for hydroxylation is 1. The van der Waals surface area contributed by atoms with E-state index in [1.807, 2.05) is 6.92 Å². The zero-order valence-electron chi connectivity index (χ0n) is 19.0. The summed E-state index contributed by atoms with van der Waals surface area (Å²) in [7, 11) is 0. The first-order chi connectivity index (χ1) is 15.9. The van der Waals surface area contributed by atoms with Gasteiger partial charge in [0, 0.05) is 38.2 Å². The maximum absolute atomic E-state index is 12.3. The van der Waals surface area contributed by atoms with E-state index in [4.69, 9.17) is 10.00 Å². The lowest BCUT2D eigenvalue weighted by molar-refractivity contribution is 0.0937. The summed E-state index contributed by atoms with van der Waals surface area (Å²) in [6, 6.07) is 10.5. The second-order valence-corrected chi connectivity index (χ2v) is 8.08. The van der Waals surface area contributed by atoms with Crippen LogP contribution in [0.4, 0.5) is 5.82 Å². The fourth-order valence-corrected chi connectivity index (χ4v) is 3.34. The molecule has 8 nitrogen and oxygen atoms in total. The number of aliphatic hydroxyl groups is 1. The van der Waals surface area contributed by atoms with Crippen molar-refractivity contribution in [3.63, 3.8) is 0 Å². The number of aliphatic hydroxyl groups excluding tert-OH is 1. The van der Waals surface area contributed by atoms with Crippen molar-refractivity contribution < 1.29 is 14.6 Å². The van der Waals surface area contributed by atoms with Crippen LogP contribution < -0.4 is 10.3 Å². The molecule has 8 heteroatoms. The SMILES string of the molecule is C=NN(/C(O)=C(\C)c1ccc(C#N)cc1C)c1ccc(C(=O)NCCCOCC2CC2)cn1. The van der Waals surface area contributed by atoms with Crippen molar-refractivity contribution in [1.82, 2.24) is 10.3 Å². The molecular formula is C25H29N5O3. The second kappa shape index (κ2) is 11.2. The van der Waals surface area contributed by atoms with Gasteiger partial charge in [-0.1, -0.05) is 6.07 Å². The Labute approximate surface area is 194 Å². The summed E-state index contributed by atoms with van der Waals surface area (Å²) in [6.07, 6.45) is 4.72. The largest absolute Gasteiger partial charge is 0.493 e. The first-order valence-electron chi connectivity index (χ1n) is 10.9. The molecule has 0 aliphatic heterocycles. The van der Waals surface area contributed by atoms with Gasteiger partial charge in [0.2, 0.25) is 5.88 Å².